The van der Waals surface area contributed by atoms with Gasteiger partial charge in [0.1, 0.15) is 10.7 Å². The maximum atomic E-state index is 13.2. The molecule has 0 saturated heterocycles. The third-order valence-electron chi connectivity index (χ3n) is 3.39. The lowest BCUT2D eigenvalue weighted by molar-refractivity contribution is 0.0946. The van der Waals surface area contributed by atoms with Crippen molar-refractivity contribution in [2.75, 3.05) is 0 Å². The fourth-order valence-corrected chi connectivity index (χ4v) is 2.80. The number of nitrogens with one attached hydrogen (secondary N) is 1. The molecule has 0 fully saturated rings. The standard InChI is InChI=1S/C15H14FN5OS/c1-9-14(23-20-19-9)15(22)18-13(11-7-17-21(2)8-11)10-3-5-12(16)6-4-10/h3-8,13H,1-2H3,(H,18,22)/t13-/m0/s1. The van der Waals surface area contributed by atoms with E-state index in [1.807, 2.05) is 6.20 Å². The van der Waals surface area contributed by atoms with Gasteiger partial charge in [0.05, 0.1) is 17.9 Å². The van der Waals surface area contributed by atoms with Crippen LogP contribution >= 0.6 is 11.5 Å². The number of benzene rings is 1. The van der Waals surface area contributed by atoms with Crippen molar-refractivity contribution in [3.63, 3.8) is 0 Å². The molecule has 0 saturated carbocycles. The second-order valence-electron chi connectivity index (χ2n) is 5.09. The molecule has 0 bridgehead atoms. The normalized spacial score (nSPS) is 12.1. The quantitative estimate of drug-likeness (QED) is 0.796. The van der Waals surface area contributed by atoms with Gasteiger partial charge in [0.15, 0.2) is 0 Å². The number of halogens is 1. The molecule has 1 N–H and O–H groups in total. The summed E-state index contributed by atoms with van der Waals surface area (Å²) < 4.78 is 18.6. The summed E-state index contributed by atoms with van der Waals surface area (Å²) in [6.45, 7) is 1.73. The molecule has 0 unspecified atom stereocenters. The maximum Gasteiger partial charge on any atom is 0.265 e. The van der Waals surface area contributed by atoms with Crippen molar-refractivity contribution in [1.29, 1.82) is 0 Å². The van der Waals surface area contributed by atoms with Gasteiger partial charge in [0, 0.05) is 18.8 Å². The van der Waals surface area contributed by atoms with Gasteiger partial charge in [-0.2, -0.15) is 5.10 Å². The van der Waals surface area contributed by atoms with Gasteiger partial charge in [-0.05, 0) is 36.2 Å². The van der Waals surface area contributed by atoms with Crippen LogP contribution in [0.3, 0.4) is 0 Å². The zero-order valence-electron chi connectivity index (χ0n) is 12.5. The Balaban J connectivity index is 1.94. The minimum Gasteiger partial charge on any atom is -0.340 e. The zero-order chi connectivity index (χ0) is 16.4. The molecule has 0 spiro atoms. The summed E-state index contributed by atoms with van der Waals surface area (Å²) in [5.41, 5.74) is 2.15. The number of carbonyl (C=O) groups is 1. The molecular formula is C15H14FN5OS. The summed E-state index contributed by atoms with van der Waals surface area (Å²) in [4.78, 5) is 12.9. The third-order valence-corrected chi connectivity index (χ3v) is 4.22. The summed E-state index contributed by atoms with van der Waals surface area (Å²) in [5, 5.41) is 10.9. The largest absolute Gasteiger partial charge is 0.340 e. The van der Waals surface area contributed by atoms with Gasteiger partial charge < -0.3 is 5.32 Å². The second-order valence-corrected chi connectivity index (χ2v) is 5.85. The van der Waals surface area contributed by atoms with Crippen LogP contribution in [-0.2, 0) is 7.05 Å². The highest BCUT2D eigenvalue weighted by Crippen LogP contribution is 2.23. The van der Waals surface area contributed by atoms with Crippen molar-refractivity contribution in [3.8, 4) is 0 Å². The Hall–Kier alpha value is -2.61. The van der Waals surface area contributed by atoms with Gasteiger partial charge in [-0.3, -0.25) is 9.48 Å². The summed E-state index contributed by atoms with van der Waals surface area (Å²) in [6.07, 6.45) is 3.48. The highest BCUT2D eigenvalue weighted by molar-refractivity contribution is 7.08. The molecule has 0 radical (unpaired) electrons. The fourth-order valence-electron chi connectivity index (χ4n) is 2.24. The highest BCUT2D eigenvalue weighted by atomic mass is 32.1. The Labute approximate surface area is 136 Å². The lowest BCUT2D eigenvalue weighted by Gasteiger charge is -2.17. The fraction of sp³-hybridized carbons (Fsp3) is 0.200. The van der Waals surface area contributed by atoms with E-state index in [1.54, 1.807) is 37.0 Å². The summed E-state index contributed by atoms with van der Waals surface area (Å²) >= 11 is 1.04. The molecule has 1 atom stereocenters. The van der Waals surface area contributed by atoms with E-state index in [9.17, 15) is 9.18 Å². The van der Waals surface area contributed by atoms with Gasteiger partial charge in [0.25, 0.3) is 5.91 Å². The van der Waals surface area contributed by atoms with E-state index in [2.05, 4.69) is 20.0 Å². The minimum atomic E-state index is -0.432. The average Bonchev–Trinajstić information content (AvgIpc) is 3.14. The third kappa shape index (κ3) is 3.26. The molecule has 2 aromatic heterocycles. The van der Waals surface area contributed by atoms with Gasteiger partial charge in [-0.1, -0.05) is 16.6 Å². The number of aryl methyl sites for hydroxylation is 2. The minimum absolute atomic E-state index is 0.268. The van der Waals surface area contributed by atoms with Crippen LogP contribution in [0.25, 0.3) is 0 Å². The second kappa shape index (κ2) is 6.25. The van der Waals surface area contributed by atoms with Crippen molar-refractivity contribution in [2.45, 2.75) is 13.0 Å². The summed E-state index contributed by atoms with van der Waals surface area (Å²) in [5.74, 6) is -0.594. The highest BCUT2D eigenvalue weighted by Gasteiger charge is 2.21. The molecule has 3 aromatic rings. The number of rotatable bonds is 4. The topological polar surface area (TPSA) is 72.7 Å². The Bertz CT molecular complexity index is 827. The molecule has 3 rings (SSSR count). The Morgan fingerprint density at radius 2 is 2.04 bits per heavy atom. The maximum absolute atomic E-state index is 13.2. The van der Waals surface area contributed by atoms with Crippen molar-refractivity contribution in [3.05, 3.63) is 64.2 Å². The van der Waals surface area contributed by atoms with Crippen molar-refractivity contribution >= 4 is 17.4 Å². The number of amides is 1. The SMILES string of the molecule is Cc1nnsc1C(=O)N[C@@H](c1ccc(F)cc1)c1cnn(C)c1. The number of hydrogen-bond donors (Lipinski definition) is 1. The van der Waals surface area contributed by atoms with Gasteiger partial charge in [-0.15, -0.1) is 5.10 Å². The number of aromatic nitrogens is 4. The molecule has 8 heteroatoms. The molecule has 0 aliphatic rings. The molecule has 1 aromatic carbocycles. The first kappa shape index (κ1) is 15.3. The molecule has 2 heterocycles. The van der Waals surface area contributed by atoms with E-state index in [1.165, 1.54) is 12.1 Å². The van der Waals surface area contributed by atoms with Crippen LogP contribution in [0.15, 0.2) is 36.7 Å². The van der Waals surface area contributed by atoms with Crippen molar-refractivity contribution < 1.29 is 9.18 Å². The van der Waals surface area contributed by atoms with Crippen molar-refractivity contribution in [1.82, 2.24) is 24.7 Å². The van der Waals surface area contributed by atoms with Gasteiger partial charge >= 0.3 is 0 Å². The van der Waals surface area contributed by atoms with Crippen LogP contribution in [0.4, 0.5) is 4.39 Å². The van der Waals surface area contributed by atoms with Gasteiger partial charge in [-0.25, -0.2) is 4.39 Å². The Kier molecular flexibility index (Phi) is 4.16. The van der Waals surface area contributed by atoms with Crippen molar-refractivity contribution in [2.24, 2.45) is 7.05 Å². The predicted molar refractivity (Wildman–Crippen MR) is 83.6 cm³/mol. The monoisotopic (exact) mass is 331 g/mol. The molecule has 0 aliphatic heterocycles. The van der Waals surface area contributed by atoms with E-state index in [0.717, 1.165) is 22.7 Å². The summed E-state index contributed by atoms with van der Waals surface area (Å²) in [7, 11) is 1.80. The molecule has 1 amide bonds. The van der Waals surface area contributed by atoms with E-state index in [4.69, 9.17) is 0 Å². The van der Waals surface area contributed by atoms with E-state index in [-0.39, 0.29) is 11.7 Å². The lowest BCUT2D eigenvalue weighted by Crippen LogP contribution is -2.29. The van der Waals surface area contributed by atoms with Crippen LogP contribution in [0, 0.1) is 12.7 Å². The van der Waals surface area contributed by atoms with Gasteiger partial charge in [0.2, 0.25) is 0 Å². The molecule has 23 heavy (non-hydrogen) atoms. The average molecular weight is 331 g/mol. The number of carbonyl (C=O) groups excluding carboxylic acids is 1. The predicted octanol–water partition coefficient (Wildman–Crippen LogP) is 2.24. The van der Waals surface area contributed by atoms with E-state index < -0.39 is 6.04 Å². The number of nitrogens with zero attached hydrogens (tertiary/aromatic N) is 4. The first-order valence-corrected chi connectivity index (χ1v) is 7.66. The summed E-state index contributed by atoms with van der Waals surface area (Å²) in [6, 6.07) is 5.59. The smallest absolute Gasteiger partial charge is 0.265 e. The first-order valence-electron chi connectivity index (χ1n) is 6.88. The molecule has 0 aliphatic carbocycles. The van der Waals surface area contributed by atoms with E-state index in [0.29, 0.717) is 10.6 Å². The zero-order valence-corrected chi connectivity index (χ0v) is 13.3. The molecule has 118 valence electrons. The van der Waals surface area contributed by atoms with E-state index >= 15 is 0 Å². The van der Waals surface area contributed by atoms with Crippen LogP contribution in [0.5, 0.6) is 0 Å². The van der Waals surface area contributed by atoms with Crippen LogP contribution < -0.4 is 5.32 Å². The molecule has 6 nitrogen and oxygen atoms in total. The Morgan fingerprint density at radius 1 is 1.30 bits per heavy atom. The Morgan fingerprint density at radius 3 is 2.61 bits per heavy atom. The van der Waals surface area contributed by atoms with Crippen LogP contribution in [-0.4, -0.2) is 25.3 Å². The van der Waals surface area contributed by atoms with Crippen LogP contribution in [0.1, 0.15) is 32.5 Å². The molecular weight excluding hydrogens is 317 g/mol. The number of hydrogen-bond acceptors (Lipinski definition) is 5. The van der Waals surface area contributed by atoms with Crippen LogP contribution in [0.2, 0.25) is 0 Å². The lowest BCUT2D eigenvalue weighted by atomic mass is 10.0. The first-order chi connectivity index (χ1) is 11.0.